The van der Waals surface area contributed by atoms with Crippen molar-refractivity contribution in [1.82, 2.24) is 14.9 Å². The molecule has 19 heavy (non-hydrogen) atoms. The van der Waals surface area contributed by atoms with Crippen LogP contribution in [0.25, 0.3) is 0 Å². The Morgan fingerprint density at radius 1 is 1.37 bits per heavy atom. The van der Waals surface area contributed by atoms with E-state index >= 15 is 0 Å². The van der Waals surface area contributed by atoms with Crippen molar-refractivity contribution in [3.63, 3.8) is 0 Å². The molecular weight excluding hydrogens is 301 g/mol. The van der Waals surface area contributed by atoms with Gasteiger partial charge in [-0.25, -0.2) is 0 Å². The van der Waals surface area contributed by atoms with Crippen LogP contribution in [0, 0.1) is 0 Å². The molecule has 1 unspecified atom stereocenters. The second kappa shape index (κ2) is 7.20. The molecule has 6 heteroatoms. The molecule has 0 aliphatic carbocycles. The molecule has 2 aromatic rings. The smallest absolute Gasteiger partial charge is 0.0669 e. The van der Waals surface area contributed by atoms with E-state index in [1.54, 1.807) is 6.07 Å². The van der Waals surface area contributed by atoms with Crippen LogP contribution in [0.2, 0.25) is 10.0 Å². The van der Waals surface area contributed by atoms with Crippen molar-refractivity contribution in [2.24, 2.45) is 0 Å². The van der Waals surface area contributed by atoms with Gasteiger partial charge >= 0.3 is 0 Å². The summed E-state index contributed by atoms with van der Waals surface area (Å²) < 4.78 is 3.93. The predicted octanol–water partition coefficient (Wildman–Crippen LogP) is 4.13. The molecule has 1 atom stereocenters. The summed E-state index contributed by atoms with van der Waals surface area (Å²) in [5.74, 6) is 0. The average molecular weight is 316 g/mol. The van der Waals surface area contributed by atoms with Crippen molar-refractivity contribution in [3.05, 3.63) is 44.9 Å². The molecule has 0 radical (unpaired) electrons. The Morgan fingerprint density at radius 2 is 2.21 bits per heavy atom. The van der Waals surface area contributed by atoms with Gasteiger partial charge in [0, 0.05) is 16.1 Å². The highest BCUT2D eigenvalue weighted by Gasteiger charge is 2.15. The van der Waals surface area contributed by atoms with E-state index in [-0.39, 0.29) is 6.04 Å². The first kappa shape index (κ1) is 14.7. The van der Waals surface area contributed by atoms with E-state index < -0.39 is 0 Å². The van der Waals surface area contributed by atoms with Crippen molar-refractivity contribution in [2.75, 3.05) is 6.54 Å². The van der Waals surface area contributed by atoms with Gasteiger partial charge in [-0.05, 0) is 48.6 Å². The highest BCUT2D eigenvalue weighted by molar-refractivity contribution is 7.05. The maximum absolute atomic E-state index is 6.23. The summed E-state index contributed by atoms with van der Waals surface area (Å²) in [4.78, 5) is 1.12. The van der Waals surface area contributed by atoms with Crippen LogP contribution in [0.4, 0.5) is 0 Å². The molecule has 0 fully saturated rings. The lowest BCUT2D eigenvalue weighted by molar-refractivity contribution is 0.536. The van der Waals surface area contributed by atoms with Crippen LogP contribution >= 0.6 is 34.7 Å². The molecule has 0 aliphatic heterocycles. The minimum atomic E-state index is 0.193. The van der Waals surface area contributed by atoms with Crippen molar-refractivity contribution >= 4 is 34.7 Å². The maximum Gasteiger partial charge on any atom is 0.0669 e. The minimum Gasteiger partial charge on any atom is -0.309 e. The Balaban J connectivity index is 2.15. The lowest BCUT2D eigenvalue weighted by Gasteiger charge is -2.17. The Morgan fingerprint density at radius 3 is 2.84 bits per heavy atom. The summed E-state index contributed by atoms with van der Waals surface area (Å²) in [6, 6.07) is 5.81. The highest BCUT2D eigenvalue weighted by atomic mass is 35.5. The number of benzene rings is 1. The number of hydrogen-bond donors (Lipinski definition) is 1. The molecule has 1 heterocycles. The molecule has 1 N–H and O–H groups in total. The van der Waals surface area contributed by atoms with Crippen LogP contribution in [-0.4, -0.2) is 16.1 Å². The molecule has 1 aromatic heterocycles. The van der Waals surface area contributed by atoms with Crippen molar-refractivity contribution in [2.45, 2.75) is 25.8 Å². The number of rotatable bonds is 6. The maximum atomic E-state index is 6.23. The third-order valence-corrected chi connectivity index (χ3v) is 4.17. The first-order valence-electron chi connectivity index (χ1n) is 6.15. The van der Waals surface area contributed by atoms with E-state index in [4.69, 9.17) is 23.2 Å². The lowest BCUT2D eigenvalue weighted by atomic mass is 10.0. The molecule has 0 amide bonds. The molecule has 3 nitrogen and oxygen atoms in total. The van der Waals surface area contributed by atoms with Gasteiger partial charge in [0.15, 0.2) is 0 Å². The lowest BCUT2D eigenvalue weighted by Crippen LogP contribution is -2.23. The standard InChI is InChI=1S/C13H15Cl2N3S/c1-2-5-16-12(13-8-17-18-19-13)6-9-3-4-10(14)7-11(9)15/h3-4,7-8,12,16H,2,5-6H2,1H3. The average Bonchev–Trinajstić information content (AvgIpc) is 2.90. The highest BCUT2D eigenvalue weighted by Crippen LogP contribution is 2.27. The summed E-state index contributed by atoms with van der Waals surface area (Å²) in [6.07, 6.45) is 3.69. The largest absolute Gasteiger partial charge is 0.309 e. The topological polar surface area (TPSA) is 37.8 Å². The van der Waals surface area contributed by atoms with Gasteiger partial charge in [-0.3, -0.25) is 0 Å². The fourth-order valence-electron chi connectivity index (χ4n) is 1.83. The fourth-order valence-corrected chi connectivity index (χ4v) is 2.89. The summed E-state index contributed by atoms with van der Waals surface area (Å²) in [6.45, 7) is 3.10. The van der Waals surface area contributed by atoms with Gasteiger partial charge < -0.3 is 5.32 Å². The Labute approximate surface area is 127 Å². The summed E-state index contributed by atoms with van der Waals surface area (Å²) in [5.41, 5.74) is 1.08. The monoisotopic (exact) mass is 315 g/mol. The van der Waals surface area contributed by atoms with Gasteiger partial charge in [0.25, 0.3) is 0 Å². The van der Waals surface area contributed by atoms with Crippen LogP contribution in [-0.2, 0) is 6.42 Å². The molecular formula is C13H15Cl2N3S. The zero-order valence-corrected chi connectivity index (χ0v) is 12.9. The number of nitrogens with zero attached hydrogens (tertiary/aromatic N) is 2. The van der Waals surface area contributed by atoms with Crippen LogP contribution in [0.3, 0.4) is 0 Å². The number of hydrogen-bond acceptors (Lipinski definition) is 4. The normalized spacial score (nSPS) is 12.6. The van der Waals surface area contributed by atoms with Crippen LogP contribution in [0.15, 0.2) is 24.4 Å². The van der Waals surface area contributed by atoms with Gasteiger partial charge in [-0.2, -0.15) is 0 Å². The molecule has 0 saturated carbocycles. The Kier molecular flexibility index (Phi) is 5.58. The number of nitrogens with one attached hydrogen (secondary N) is 1. The Bertz CT molecular complexity index is 517. The predicted molar refractivity (Wildman–Crippen MR) is 81.1 cm³/mol. The van der Waals surface area contributed by atoms with Gasteiger partial charge in [-0.15, -0.1) is 5.10 Å². The third kappa shape index (κ3) is 4.14. The van der Waals surface area contributed by atoms with Crippen molar-refractivity contribution < 1.29 is 0 Å². The van der Waals surface area contributed by atoms with Gasteiger partial charge in [0.1, 0.15) is 0 Å². The van der Waals surface area contributed by atoms with Crippen molar-refractivity contribution in [1.29, 1.82) is 0 Å². The zero-order valence-electron chi connectivity index (χ0n) is 10.6. The molecule has 0 aliphatic rings. The molecule has 0 bridgehead atoms. The number of halogens is 2. The van der Waals surface area contributed by atoms with Crippen LogP contribution < -0.4 is 5.32 Å². The van der Waals surface area contributed by atoms with E-state index in [1.165, 1.54) is 11.5 Å². The van der Waals surface area contributed by atoms with Gasteiger partial charge in [0.2, 0.25) is 0 Å². The first-order chi connectivity index (χ1) is 9.20. The molecule has 1 aromatic carbocycles. The summed E-state index contributed by atoms with van der Waals surface area (Å²) in [5, 5.41) is 8.77. The van der Waals surface area contributed by atoms with E-state index in [2.05, 4.69) is 21.8 Å². The molecule has 2 rings (SSSR count). The zero-order chi connectivity index (χ0) is 13.7. The number of aromatic nitrogens is 2. The van der Waals surface area contributed by atoms with Crippen molar-refractivity contribution in [3.8, 4) is 0 Å². The quantitative estimate of drug-likeness (QED) is 0.871. The SMILES string of the molecule is CCCNC(Cc1ccc(Cl)cc1Cl)c1cnns1. The summed E-state index contributed by atoms with van der Waals surface area (Å²) >= 11 is 13.6. The molecule has 0 spiro atoms. The second-order valence-corrected chi connectivity index (χ2v) is 5.93. The van der Waals surface area contributed by atoms with E-state index in [0.717, 1.165) is 29.8 Å². The Hall–Kier alpha value is -0.680. The van der Waals surface area contributed by atoms with Gasteiger partial charge in [-0.1, -0.05) is 40.7 Å². The molecule has 102 valence electrons. The van der Waals surface area contributed by atoms with E-state index in [9.17, 15) is 0 Å². The van der Waals surface area contributed by atoms with Crippen LogP contribution in [0.1, 0.15) is 29.8 Å². The van der Waals surface area contributed by atoms with E-state index in [1.807, 2.05) is 18.3 Å². The minimum absolute atomic E-state index is 0.193. The molecule has 0 saturated heterocycles. The fraction of sp³-hybridized carbons (Fsp3) is 0.385. The summed E-state index contributed by atoms with van der Waals surface area (Å²) in [7, 11) is 0. The van der Waals surface area contributed by atoms with Crippen LogP contribution in [0.5, 0.6) is 0 Å². The third-order valence-electron chi connectivity index (χ3n) is 2.80. The van der Waals surface area contributed by atoms with Gasteiger partial charge in [0.05, 0.1) is 11.1 Å². The van der Waals surface area contributed by atoms with E-state index in [0.29, 0.717) is 10.0 Å². The second-order valence-electron chi connectivity index (χ2n) is 4.27. The first-order valence-corrected chi connectivity index (χ1v) is 7.68.